The lowest BCUT2D eigenvalue weighted by atomic mass is 10.0. The average Bonchev–Trinajstić information content (AvgIpc) is 3.30. The molecule has 38 heavy (non-hydrogen) atoms. The van der Waals surface area contributed by atoms with E-state index in [4.69, 9.17) is 11.6 Å². The van der Waals surface area contributed by atoms with E-state index in [-0.39, 0.29) is 45.8 Å². The molecule has 1 atom stereocenters. The van der Waals surface area contributed by atoms with Crippen molar-refractivity contribution < 1.29 is 22.3 Å². The van der Waals surface area contributed by atoms with Crippen molar-refractivity contribution in [1.29, 1.82) is 0 Å². The van der Waals surface area contributed by atoms with Crippen LogP contribution in [0.4, 0.5) is 20.8 Å². The highest BCUT2D eigenvalue weighted by Crippen LogP contribution is 2.37. The summed E-state index contributed by atoms with van der Waals surface area (Å²) in [6.07, 6.45) is 3.08. The molecule has 2 aromatic heterocycles. The Morgan fingerprint density at radius 3 is 2.63 bits per heavy atom. The molecule has 1 aromatic carbocycles. The molecule has 0 fully saturated rings. The highest BCUT2D eigenvalue weighted by molar-refractivity contribution is 7.92. The van der Waals surface area contributed by atoms with Crippen molar-refractivity contribution in [3.8, 4) is 22.5 Å². The largest absolute Gasteiger partial charge is 0.453 e. The van der Waals surface area contributed by atoms with Gasteiger partial charge in [0.15, 0.2) is 5.82 Å². The molecule has 2 heterocycles. The summed E-state index contributed by atoms with van der Waals surface area (Å²) in [5, 5.41) is 10.4. The van der Waals surface area contributed by atoms with E-state index in [0.717, 1.165) is 0 Å². The van der Waals surface area contributed by atoms with Crippen LogP contribution in [0.2, 0.25) is 5.02 Å². The number of ether oxygens (including phenoxy) is 1. The Balaban J connectivity index is 2.02. The van der Waals surface area contributed by atoms with Crippen molar-refractivity contribution in [3.63, 3.8) is 0 Å². The van der Waals surface area contributed by atoms with Crippen LogP contribution in [0.15, 0.2) is 30.6 Å². The second kappa shape index (κ2) is 12.4. The third-order valence-electron chi connectivity index (χ3n) is 5.34. The van der Waals surface area contributed by atoms with Gasteiger partial charge in [0, 0.05) is 47.2 Å². The topological polar surface area (TPSA) is 140 Å². The molecule has 206 valence electrons. The van der Waals surface area contributed by atoms with Crippen LogP contribution in [0.25, 0.3) is 22.5 Å². The first-order valence-corrected chi connectivity index (χ1v) is 14.0. The fourth-order valence-corrected chi connectivity index (χ4v) is 4.86. The summed E-state index contributed by atoms with van der Waals surface area (Å²) in [6, 6.07) is 3.94. The van der Waals surface area contributed by atoms with E-state index in [0.29, 0.717) is 24.2 Å². The van der Waals surface area contributed by atoms with Gasteiger partial charge in [0.05, 0.1) is 24.2 Å². The van der Waals surface area contributed by atoms with Gasteiger partial charge >= 0.3 is 6.09 Å². The molecule has 14 heteroatoms. The van der Waals surface area contributed by atoms with E-state index in [1.54, 1.807) is 30.8 Å². The van der Waals surface area contributed by atoms with E-state index < -0.39 is 21.9 Å². The number of nitrogens with zero attached hydrogens (tertiary/aromatic N) is 4. The Bertz CT molecular complexity index is 1400. The highest BCUT2D eigenvalue weighted by Gasteiger charge is 2.23. The number of sulfonamides is 1. The first-order chi connectivity index (χ1) is 17.9. The van der Waals surface area contributed by atoms with Crippen LogP contribution in [0.5, 0.6) is 0 Å². The molecular formula is C24H31ClFN7O4S. The standard InChI is InChI=1S/C24H31ClFN7O4S/c1-6-9-38(35,36)32-20-11-16(25)10-17(21(20)26)22-18(13-33(31-22)14(2)3)19-7-8-27-23(30-19)28-12-15(4)29-24(34)37-5/h7-8,10-11,13-15,32H,6,9,12H2,1-5H3,(H,29,34)(H,27,28,30)/t15-/m0/s1. The van der Waals surface area contributed by atoms with Crippen LogP contribution in [-0.4, -0.2) is 59.7 Å². The SMILES string of the molecule is CCCS(=O)(=O)Nc1cc(Cl)cc(-c2nn(C(C)C)cc2-c2ccnc(NC[C@H](C)NC(=O)OC)n2)c1F. The van der Waals surface area contributed by atoms with Crippen LogP contribution in [0.3, 0.4) is 0 Å². The normalized spacial score (nSPS) is 12.3. The smallest absolute Gasteiger partial charge is 0.407 e. The molecule has 0 bridgehead atoms. The predicted octanol–water partition coefficient (Wildman–Crippen LogP) is 4.69. The molecule has 0 aliphatic heterocycles. The minimum Gasteiger partial charge on any atom is -0.453 e. The monoisotopic (exact) mass is 567 g/mol. The number of alkyl carbamates (subject to hydrolysis) is 1. The maximum atomic E-state index is 15.7. The van der Waals surface area contributed by atoms with Gasteiger partial charge < -0.3 is 15.4 Å². The number of amides is 1. The number of hydrogen-bond acceptors (Lipinski definition) is 8. The summed E-state index contributed by atoms with van der Waals surface area (Å²) in [6.45, 7) is 7.66. The number of nitrogens with one attached hydrogen (secondary N) is 3. The van der Waals surface area contributed by atoms with Crippen LogP contribution in [0, 0.1) is 5.82 Å². The molecule has 3 N–H and O–H groups in total. The van der Waals surface area contributed by atoms with Gasteiger partial charge in [-0.25, -0.2) is 27.6 Å². The van der Waals surface area contributed by atoms with E-state index in [1.807, 2.05) is 13.8 Å². The number of rotatable bonds is 11. The van der Waals surface area contributed by atoms with E-state index in [9.17, 15) is 13.2 Å². The molecule has 0 saturated heterocycles. The predicted molar refractivity (Wildman–Crippen MR) is 145 cm³/mol. The Morgan fingerprint density at radius 2 is 1.97 bits per heavy atom. The van der Waals surface area contributed by atoms with Gasteiger partial charge in [0.25, 0.3) is 0 Å². The summed E-state index contributed by atoms with van der Waals surface area (Å²) in [7, 11) is -2.48. The summed E-state index contributed by atoms with van der Waals surface area (Å²) in [5.74, 6) is -0.685. The second-order valence-electron chi connectivity index (χ2n) is 8.88. The minimum absolute atomic E-state index is 0.0186. The molecular weight excluding hydrogens is 537 g/mol. The third-order valence-corrected chi connectivity index (χ3v) is 7.03. The number of anilines is 2. The maximum absolute atomic E-state index is 15.7. The average molecular weight is 568 g/mol. The maximum Gasteiger partial charge on any atom is 0.407 e. The molecule has 0 unspecified atom stereocenters. The van der Waals surface area contributed by atoms with Crippen LogP contribution in [0.1, 0.15) is 40.2 Å². The van der Waals surface area contributed by atoms with Crippen LogP contribution < -0.4 is 15.4 Å². The summed E-state index contributed by atoms with van der Waals surface area (Å²) in [5.41, 5.74) is 0.937. The molecule has 0 aliphatic carbocycles. The molecule has 3 rings (SSSR count). The lowest BCUT2D eigenvalue weighted by Crippen LogP contribution is -2.37. The van der Waals surface area contributed by atoms with Crippen molar-refractivity contribution in [2.24, 2.45) is 0 Å². The van der Waals surface area contributed by atoms with Crippen LogP contribution >= 0.6 is 11.6 Å². The zero-order valence-electron chi connectivity index (χ0n) is 21.7. The summed E-state index contributed by atoms with van der Waals surface area (Å²) in [4.78, 5) is 20.2. The summed E-state index contributed by atoms with van der Waals surface area (Å²) < 4.78 is 48.9. The lowest BCUT2D eigenvalue weighted by Gasteiger charge is -2.14. The highest BCUT2D eigenvalue weighted by atomic mass is 35.5. The zero-order valence-corrected chi connectivity index (χ0v) is 23.3. The second-order valence-corrected chi connectivity index (χ2v) is 11.2. The molecule has 0 saturated carbocycles. The third kappa shape index (κ3) is 7.32. The van der Waals surface area contributed by atoms with Gasteiger partial charge in [-0.1, -0.05) is 18.5 Å². The Kier molecular flexibility index (Phi) is 9.50. The fourth-order valence-electron chi connectivity index (χ4n) is 3.52. The number of halogens is 2. The van der Waals surface area contributed by atoms with E-state index in [2.05, 4.69) is 35.2 Å². The van der Waals surface area contributed by atoms with Crippen molar-refractivity contribution in [3.05, 3.63) is 41.4 Å². The molecule has 0 aliphatic rings. The lowest BCUT2D eigenvalue weighted by molar-refractivity contribution is 0.168. The molecule has 11 nitrogen and oxygen atoms in total. The van der Waals surface area contributed by atoms with Crippen molar-refractivity contribution >= 4 is 39.4 Å². The van der Waals surface area contributed by atoms with E-state index >= 15 is 4.39 Å². The molecule has 3 aromatic rings. The van der Waals surface area contributed by atoms with E-state index in [1.165, 1.54) is 25.4 Å². The number of methoxy groups -OCH3 is 1. The first-order valence-electron chi connectivity index (χ1n) is 11.9. The number of carbonyl (C=O) groups excluding carboxylic acids is 1. The van der Waals surface area contributed by atoms with Crippen molar-refractivity contribution in [1.82, 2.24) is 25.1 Å². The molecule has 0 spiro atoms. The number of benzene rings is 1. The molecule has 1 amide bonds. The minimum atomic E-state index is -3.76. The van der Waals surface area contributed by atoms with Gasteiger partial charge in [0.2, 0.25) is 16.0 Å². The fraction of sp³-hybridized carbons (Fsp3) is 0.417. The van der Waals surface area contributed by atoms with Crippen molar-refractivity contribution in [2.45, 2.75) is 46.2 Å². The Morgan fingerprint density at radius 1 is 1.24 bits per heavy atom. The van der Waals surface area contributed by atoms with Gasteiger partial charge in [0.1, 0.15) is 5.69 Å². The number of carbonyl (C=O) groups is 1. The zero-order chi connectivity index (χ0) is 28.0. The quantitative estimate of drug-likeness (QED) is 0.303. The van der Waals surface area contributed by atoms with Crippen molar-refractivity contribution in [2.75, 3.05) is 29.4 Å². The summed E-state index contributed by atoms with van der Waals surface area (Å²) >= 11 is 6.28. The van der Waals surface area contributed by atoms with Gasteiger partial charge in [-0.2, -0.15) is 5.10 Å². The Hall–Kier alpha value is -3.45. The number of aromatic nitrogens is 4. The van der Waals surface area contributed by atoms with Crippen LogP contribution in [-0.2, 0) is 14.8 Å². The van der Waals surface area contributed by atoms with Gasteiger partial charge in [-0.15, -0.1) is 0 Å². The van der Waals surface area contributed by atoms with Gasteiger partial charge in [-0.3, -0.25) is 9.40 Å². The first kappa shape index (κ1) is 29.1. The molecule has 0 radical (unpaired) electrons. The Labute approximate surface area is 226 Å². The van der Waals surface area contributed by atoms with Gasteiger partial charge in [-0.05, 0) is 45.4 Å². The number of hydrogen-bond donors (Lipinski definition) is 3.